The summed E-state index contributed by atoms with van der Waals surface area (Å²) in [7, 11) is 0. The van der Waals surface area contributed by atoms with E-state index in [9.17, 15) is 0 Å². The number of aromatic nitrogens is 1. The van der Waals surface area contributed by atoms with Crippen molar-refractivity contribution < 1.29 is 0 Å². The minimum atomic E-state index is 0.571. The van der Waals surface area contributed by atoms with Crippen molar-refractivity contribution in [2.75, 3.05) is 5.32 Å². The molecule has 0 amide bonds. The van der Waals surface area contributed by atoms with E-state index in [0.717, 1.165) is 12.1 Å². The van der Waals surface area contributed by atoms with E-state index in [1.54, 1.807) is 11.3 Å². The van der Waals surface area contributed by atoms with E-state index in [1.807, 2.05) is 11.8 Å². The van der Waals surface area contributed by atoms with Gasteiger partial charge in [-0.15, -0.1) is 11.3 Å². The van der Waals surface area contributed by atoms with Crippen LogP contribution < -0.4 is 5.32 Å². The van der Waals surface area contributed by atoms with Crippen molar-refractivity contribution >= 4 is 34.5 Å². The van der Waals surface area contributed by atoms with Gasteiger partial charge < -0.3 is 5.32 Å². The standard InChI is InChI=1S/C20H19N2S2/c1-3-13(2)10-20-22-17(12-23-20)14-8-9-19-16(11-14)21-15-6-4-5-7-18(15)24-19/h3-9,11-13,21H,10H2,1-2H3. The van der Waals surface area contributed by atoms with Crippen LogP contribution in [0.5, 0.6) is 0 Å². The maximum Gasteiger partial charge on any atom is 0.0935 e. The molecule has 1 atom stereocenters. The van der Waals surface area contributed by atoms with Gasteiger partial charge in [0.15, 0.2) is 0 Å². The lowest BCUT2D eigenvalue weighted by Gasteiger charge is -2.21. The van der Waals surface area contributed by atoms with Gasteiger partial charge in [-0.3, -0.25) is 0 Å². The molecule has 1 aromatic heterocycles. The highest BCUT2D eigenvalue weighted by atomic mass is 32.2. The van der Waals surface area contributed by atoms with Crippen LogP contribution in [-0.2, 0) is 6.42 Å². The van der Waals surface area contributed by atoms with E-state index < -0.39 is 0 Å². The van der Waals surface area contributed by atoms with Crippen molar-refractivity contribution in [2.45, 2.75) is 30.1 Å². The summed E-state index contributed by atoms with van der Waals surface area (Å²) < 4.78 is 0. The lowest BCUT2D eigenvalue weighted by atomic mass is 10.1. The van der Waals surface area contributed by atoms with Crippen molar-refractivity contribution in [3.8, 4) is 11.3 Å². The highest BCUT2D eigenvalue weighted by Gasteiger charge is 2.16. The summed E-state index contributed by atoms with van der Waals surface area (Å²) >= 11 is 3.58. The molecule has 2 aromatic carbocycles. The maximum atomic E-state index is 4.83. The Morgan fingerprint density at radius 2 is 1.96 bits per heavy atom. The van der Waals surface area contributed by atoms with E-state index in [1.165, 1.54) is 31.7 Å². The summed E-state index contributed by atoms with van der Waals surface area (Å²) in [5.74, 6) is 0.571. The monoisotopic (exact) mass is 351 g/mol. The van der Waals surface area contributed by atoms with E-state index in [0.29, 0.717) is 5.92 Å². The fraction of sp³-hybridized carbons (Fsp3) is 0.200. The molecule has 4 heteroatoms. The highest BCUT2D eigenvalue weighted by molar-refractivity contribution is 7.99. The van der Waals surface area contributed by atoms with Gasteiger partial charge in [0, 0.05) is 27.2 Å². The van der Waals surface area contributed by atoms with Crippen molar-refractivity contribution in [2.24, 2.45) is 5.92 Å². The molecule has 2 nitrogen and oxygen atoms in total. The van der Waals surface area contributed by atoms with Crippen molar-refractivity contribution in [3.05, 3.63) is 59.3 Å². The predicted octanol–water partition coefficient (Wildman–Crippen LogP) is 6.42. The van der Waals surface area contributed by atoms with Crippen molar-refractivity contribution in [1.82, 2.24) is 4.98 Å². The molecule has 1 N–H and O–H groups in total. The molecular weight excluding hydrogens is 332 g/mol. The van der Waals surface area contributed by atoms with Gasteiger partial charge >= 0.3 is 0 Å². The van der Waals surface area contributed by atoms with Gasteiger partial charge in [0.05, 0.1) is 22.1 Å². The lowest BCUT2D eigenvalue weighted by Crippen LogP contribution is -2.00. The minimum Gasteiger partial charge on any atom is -0.354 e. The molecule has 0 saturated heterocycles. The SMILES string of the molecule is C[CH]C(C)Cc1nc(-c2ccc3c(c2)Nc2ccccc2S3)cs1. The molecule has 1 unspecified atom stereocenters. The van der Waals surface area contributed by atoms with Gasteiger partial charge in [-0.2, -0.15) is 0 Å². The number of hydrogen-bond acceptors (Lipinski definition) is 4. The number of benzene rings is 2. The molecule has 121 valence electrons. The molecule has 1 radical (unpaired) electrons. The van der Waals surface area contributed by atoms with Gasteiger partial charge in [-0.05, 0) is 36.6 Å². The molecular formula is C20H19N2S2. The van der Waals surface area contributed by atoms with Crippen LogP contribution in [-0.4, -0.2) is 4.98 Å². The van der Waals surface area contributed by atoms with Gasteiger partial charge in [0.25, 0.3) is 0 Å². The molecule has 0 spiro atoms. The molecule has 1 aliphatic rings. The van der Waals surface area contributed by atoms with Crippen LogP contribution in [0.2, 0.25) is 0 Å². The Kier molecular flexibility index (Phi) is 4.33. The maximum absolute atomic E-state index is 4.83. The van der Waals surface area contributed by atoms with Crippen LogP contribution in [0.3, 0.4) is 0 Å². The Morgan fingerprint density at radius 3 is 2.83 bits per heavy atom. The molecule has 0 saturated carbocycles. The molecule has 2 heterocycles. The zero-order valence-corrected chi connectivity index (χ0v) is 15.4. The van der Waals surface area contributed by atoms with E-state index in [4.69, 9.17) is 4.98 Å². The third-order valence-electron chi connectivity index (χ3n) is 4.27. The Labute approximate surface area is 151 Å². The first-order chi connectivity index (χ1) is 11.7. The molecule has 24 heavy (non-hydrogen) atoms. The largest absolute Gasteiger partial charge is 0.354 e. The average Bonchev–Trinajstić information content (AvgIpc) is 3.07. The Morgan fingerprint density at radius 1 is 1.12 bits per heavy atom. The summed E-state index contributed by atoms with van der Waals surface area (Å²) in [6.07, 6.45) is 3.26. The fourth-order valence-corrected chi connectivity index (χ4v) is 4.64. The summed E-state index contributed by atoms with van der Waals surface area (Å²) in [5, 5.41) is 6.93. The van der Waals surface area contributed by atoms with Gasteiger partial charge in [0.2, 0.25) is 0 Å². The van der Waals surface area contributed by atoms with Gasteiger partial charge in [-0.25, -0.2) is 4.98 Å². The first-order valence-electron chi connectivity index (χ1n) is 8.15. The van der Waals surface area contributed by atoms with Gasteiger partial charge in [0.1, 0.15) is 0 Å². The van der Waals surface area contributed by atoms with Crippen LogP contribution >= 0.6 is 23.1 Å². The molecule has 0 bridgehead atoms. The van der Waals surface area contributed by atoms with Crippen LogP contribution in [0.25, 0.3) is 11.3 Å². The highest BCUT2D eigenvalue weighted by Crippen LogP contribution is 2.45. The summed E-state index contributed by atoms with van der Waals surface area (Å²) in [6.45, 7) is 4.35. The summed E-state index contributed by atoms with van der Waals surface area (Å²) in [4.78, 5) is 7.37. The number of rotatable bonds is 4. The zero-order chi connectivity index (χ0) is 16.5. The summed E-state index contributed by atoms with van der Waals surface area (Å²) in [6, 6.07) is 15.0. The van der Waals surface area contributed by atoms with E-state index in [-0.39, 0.29) is 0 Å². The minimum absolute atomic E-state index is 0.571. The Bertz CT molecular complexity index is 870. The zero-order valence-electron chi connectivity index (χ0n) is 13.7. The Hall–Kier alpha value is -1.78. The van der Waals surface area contributed by atoms with Gasteiger partial charge in [-0.1, -0.05) is 43.8 Å². The van der Waals surface area contributed by atoms with Crippen molar-refractivity contribution in [1.29, 1.82) is 0 Å². The Balaban J connectivity index is 1.61. The quantitative estimate of drug-likeness (QED) is 0.459. The molecule has 0 aliphatic carbocycles. The van der Waals surface area contributed by atoms with Crippen molar-refractivity contribution in [3.63, 3.8) is 0 Å². The average molecular weight is 352 g/mol. The number of fused-ring (bicyclic) bond motifs is 2. The van der Waals surface area contributed by atoms with Crippen LogP contribution in [0.4, 0.5) is 11.4 Å². The number of nitrogens with zero attached hydrogens (tertiary/aromatic N) is 1. The smallest absolute Gasteiger partial charge is 0.0935 e. The number of para-hydroxylation sites is 1. The molecule has 3 aromatic rings. The summed E-state index contributed by atoms with van der Waals surface area (Å²) in [5.41, 5.74) is 4.60. The number of thiazole rings is 1. The number of anilines is 2. The first-order valence-corrected chi connectivity index (χ1v) is 9.85. The van der Waals surface area contributed by atoms with Crippen LogP contribution in [0.15, 0.2) is 57.6 Å². The lowest BCUT2D eigenvalue weighted by molar-refractivity contribution is 0.668. The van der Waals surface area contributed by atoms with E-state index >= 15 is 0 Å². The van der Waals surface area contributed by atoms with Crippen LogP contribution in [0.1, 0.15) is 18.9 Å². The molecule has 1 aliphatic heterocycles. The topological polar surface area (TPSA) is 24.9 Å². The first kappa shape index (κ1) is 15.7. The normalized spacial score (nSPS) is 13.8. The molecule has 0 fully saturated rings. The van der Waals surface area contributed by atoms with E-state index in [2.05, 4.69) is 73.4 Å². The molecule has 4 rings (SSSR count). The second kappa shape index (κ2) is 6.61. The second-order valence-corrected chi connectivity index (χ2v) is 8.10. The second-order valence-electron chi connectivity index (χ2n) is 6.08. The predicted molar refractivity (Wildman–Crippen MR) is 104 cm³/mol. The fourth-order valence-electron chi connectivity index (χ4n) is 2.73. The number of nitrogens with one attached hydrogen (secondary N) is 1. The third kappa shape index (κ3) is 3.08. The van der Waals surface area contributed by atoms with Crippen LogP contribution in [0, 0.1) is 12.3 Å². The third-order valence-corrected chi connectivity index (χ3v) is 6.29. The number of hydrogen-bond donors (Lipinski definition) is 1.